The van der Waals surface area contributed by atoms with Gasteiger partial charge >= 0.3 is 0 Å². The third kappa shape index (κ3) is 3.34. The van der Waals surface area contributed by atoms with Gasteiger partial charge in [-0.15, -0.1) is 0 Å². The van der Waals surface area contributed by atoms with Crippen LogP contribution in [0.3, 0.4) is 0 Å². The average molecular weight is 159 g/mol. The zero-order chi connectivity index (χ0) is 8.85. The fourth-order valence-electron chi connectivity index (χ4n) is 0.792. The van der Waals surface area contributed by atoms with Crippen LogP contribution < -0.4 is 11.1 Å². The molecule has 1 atom stereocenters. The third-order valence-electron chi connectivity index (χ3n) is 1.55. The van der Waals surface area contributed by atoms with E-state index in [0.717, 1.165) is 0 Å². The van der Waals surface area contributed by atoms with Gasteiger partial charge < -0.3 is 16.0 Å². The fraction of sp³-hybridized carbons (Fsp3) is 0.857. The minimum Gasteiger partial charge on any atom is -0.333 e. The number of amides is 1. The van der Waals surface area contributed by atoms with Crippen LogP contribution in [0.15, 0.2) is 0 Å². The van der Waals surface area contributed by atoms with E-state index in [9.17, 15) is 4.79 Å². The molecule has 0 radical (unpaired) electrons. The largest absolute Gasteiger partial charge is 0.333 e. The maximum absolute atomic E-state index is 11.3. The SMILES string of the molecule is CNCN(C)C(=O)C(C)CN. The second-order valence-corrected chi connectivity index (χ2v) is 2.68. The van der Waals surface area contributed by atoms with Crippen LogP contribution in [0.4, 0.5) is 0 Å². The van der Waals surface area contributed by atoms with Crippen molar-refractivity contribution < 1.29 is 4.79 Å². The Hall–Kier alpha value is -0.610. The van der Waals surface area contributed by atoms with Gasteiger partial charge in [0.15, 0.2) is 0 Å². The molecular weight excluding hydrogens is 142 g/mol. The molecule has 1 amide bonds. The predicted octanol–water partition coefficient (Wildman–Crippen LogP) is -0.783. The molecule has 11 heavy (non-hydrogen) atoms. The molecule has 0 heterocycles. The molecule has 4 nitrogen and oxygen atoms in total. The molecule has 0 aliphatic rings. The number of rotatable bonds is 4. The van der Waals surface area contributed by atoms with Crippen molar-refractivity contribution in [3.05, 3.63) is 0 Å². The minimum atomic E-state index is -0.0756. The van der Waals surface area contributed by atoms with E-state index in [2.05, 4.69) is 5.32 Å². The van der Waals surface area contributed by atoms with Crippen LogP contribution in [-0.4, -0.2) is 38.1 Å². The molecule has 0 rings (SSSR count). The zero-order valence-electron chi connectivity index (χ0n) is 7.42. The second kappa shape index (κ2) is 5.09. The maximum atomic E-state index is 11.3. The molecule has 0 aromatic carbocycles. The Balaban J connectivity index is 3.81. The molecule has 4 heteroatoms. The highest BCUT2D eigenvalue weighted by Gasteiger charge is 2.14. The van der Waals surface area contributed by atoms with Crippen molar-refractivity contribution in [2.75, 3.05) is 27.3 Å². The lowest BCUT2D eigenvalue weighted by Crippen LogP contribution is -2.39. The van der Waals surface area contributed by atoms with Gasteiger partial charge in [0.1, 0.15) is 0 Å². The number of hydrogen-bond acceptors (Lipinski definition) is 3. The molecule has 0 bridgehead atoms. The van der Waals surface area contributed by atoms with Gasteiger partial charge in [-0.25, -0.2) is 0 Å². The Morgan fingerprint density at radius 3 is 2.64 bits per heavy atom. The molecule has 0 aliphatic carbocycles. The lowest BCUT2D eigenvalue weighted by molar-refractivity contribution is -0.133. The minimum absolute atomic E-state index is 0.0756. The van der Waals surface area contributed by atoms with Gasteiger partial charge in [-0.3, -0.25) is 4.79 Å². The van der Waals surface area contributed by atoms with Gasteiger partial charge in [-0.05, 0) is 7.05 Å². The van der Waals surface area contributed by atoms with Gasteiger partial charge in [-0.1, -0.05) is 6.92 Å². The summed E-state index contributed by atoms with van der Waals surface area (Å²) < 4.78 is 0. The first-order chi connectivity index (χ1) is 5.13. The molecule has 0 saturated heterocycles. The summed E-state index contributed by atoms with van der Waals surface area (Å²) in [6, 6.07) is 0. The zero-order valence-corrected chi connectivity index (χ0v) is 7.42. The van der Waals surface area contributed by atoms with Crippen molar-refractivity contribution in [1.29, 1.82) is 0 Å². The summed E-state index contributed by atoms with van der Waals surface area (Å²) in [5, 5.41) is 2.89. The van der Waals surface area contributed by atoms with Crippen molar-refractivity contribution in [1.82, 2.24) is 10.2 Å². The summed E-state index contributed by atoms with van der Waals surface area (Å²) in [7, 11) is 3.56. The van der Waals surface area contributed by atoms with Crippen LogP contribution in [0, 0.1) is 5.92 Å². The Labute approximate surface area is 67.7 Å². The summed E-state index contributed by atoms with van der Waals surface area (Å²) in [5.41, 5.74) is 5.34. The van der Waals surface area contributed by atoms with Crippen LogP contribution >= 0.6 is 0 Å². The number of nitrogens with zero attached hydrogens (tertiary/aromatic N) is 1. The van der Waals surface area contributed by atoms with Gasteiger partial charge in [-0.2, -0.15) is 0 Å². The van der Waals surface area contributed by atoms with Gasteiger partial charge in [0, 0.05) is 19.5 Å². The summed E-state index contributed by atoms with van der Waals surface area (Å²) in [6.07, 6.45) is 0. The van der Waals surface area contributed by atoms with E-state index >= 15 is 0 Å². The van der Waals surface area contributed by atoms with Crippen molar-refractivity contribution in [2.24, 2.45) is 11.7 Å². The van der Waals surface area contributed by atoms with Crippen LogP contribution in [0.5, 0.6) is 0 Å². The first-order valence-corrected chi connectivity index (χ1v) is 3.73. The number of nitrogens with one attached hydrogen (secondary N) is 1. The van der Waals surface area contributed by atoms with E-state index in [1.807, 2.05) is 6.92 Å². The standard InChI is InChI=1S/C7H17N3O/c1-6(4-8)7(11)10(3)5-9-2/h6,9H,4-5,8H2,1-3H3. The molecule has 0 aromatic rings. The Morgan fingerprint density at radius 1 is 1.73 bits per heavy atom. The lowest BCUT2D eigenvalue weighted by Gasteiger charge is -2.19. The highest BCUT2D eigenvalue weighted by molar-refractivity contribution is 5.78. The van der Waals surface area contributed by atoms with E-state index in [-0.39, 0.29) is 11.8 Å². The predicted molar refractivity (Wildman–Crippen MR) is 44.9 cm³/mol. The monoisotopic (exact) mass is 159 g/mol. The first-order valence-electron chi connectivity index (χ1n) is 3.73. The van der Waals surface area contributed by atoms with E-state index < -0.39 is 0 Å². The molecule has 0 spiro atoms. The Kier molecular flexibility index (Phi) is 4.81. The topological polar surface area (TPSA) is 58.4 Å². The molecular formula is C7H17N3O. The highest BCUT2D eigenvalue weighted by atomic mass is 16.2. The van der Waals surface area contributed by atoms with Crippen LogP contribution in [-0.2, 0) is 4.79 Å². The van der Waals surface area contributed by atoms with Crippen molar-refractivity contribution in [3.8, 4) is 0 Å². The van der Waals surface area contributed by atoms with E-state index in [0.29, 0.717) is 13.2 Å². The molecule has 0 fully saturated rings. The molecule has 3 N–H and O–H groups in total. The molecule has 0 aliphatic heterocycles. The summed E-state index contributed by atoms with van der Waals surface area (Å²) >= 11 is 0. The van der Waals surface area contributed by atoms with Crippen molar-refractivity contribution in [3.63, 3.8) is 0 Å². The molecule has 1 unspecified atom stereocenters. The number of carbonyl (C=O) groups is 1. The van der Waals surface area contributed by atoms with E-state index in [4.69, 9.17) is 5.73 Å². The summed E-state index contributed by atoms with van der Waals surface area (Å²) in [5.74, 6) is 0.00944. The number of nitrogens with two attached hydrogens (primary N) is 1. The lowest BCUT2D eigenvalue weighted by atomic mass is 10.1. The molecule has 66 valence electrons. The van der Waals surface area contributed by atoms with Crippen LogP contribution in [0.25, 0.3) is 0 Å². The maximum Gasteiger partial charge on any atom is 0.227 e. The number of hydrogen-bond donors (Lipinski definition) is 2. The normalized spacial score (nSPS) is 12.7. The van der Waals surface area contributed by atoms with Crippen LogP contribution in [0.1, 0.15) is 6.92 Å². The smallest absolute Gasteiger partial charge is 0.227 e. The van der Waals surface area contributed by atoms with Gasteiger partial charge in [0.2, 0.25) is 5.91 Å². The molecule has 0 saturated carbocycles. The number of carbonyl (C=O) groups excluding carboxylic acids is 1. The van der Waals surface area contributed by atoms with E-state index in [1.165, 1.54) is 0 Å². The van der Waals surface area contributed by atoms with Crippen LogP contribution in [0.2, 0.25) is 0 Å². The van der Waals surface area contributed by atoms with Gasteiger partial charge in [0.05, 0.1) is 6.67 Å². The quantitative estimate of drug-likeness (QED) is 0.529. The first kappa shape index (κ1) is 10.4. The van der Waals surface area contributed by atoms with Crippen molar-refractivity contribution in [2.45, 2.75) is 6.92 Å². The van der Waals surface area contributed by atoms with E-state index in [1.54, 1.807) is 19.0 Å². The molecule has 0 aromatic heterocycles. The Bertz CT molecular complexity index is 127. The van der Waals surface area contributed by atoms with Gasteiger partial charge in [0.25, 0.3) is 0 Å². The fourth-order valence-corrected chi connectivity index (χ4v) is 0.792. The summed E-state index contributed by atoms with van der Waals surface area (Å²) in [4.78, 5) is 12.9. The second-order valence-electron chi connectivity index (χ2n) is 2.68. The highest BCUT2D eigenvalue weighted by Crippen LogP contribution is 1.96. The third-order valence-corrected chi connectivity index (χ3v) is 1.55. The van der Waals surface area contributed by atoms with Crippen molar-refractivity contribution >= 4 is 5.91 Å². The average Bonchev–Trinajstić information content (AvgIpc) is 2.02. The Morgan fingerprint density at radius 2 is 2.27 bits per heavy atom. The summed E-state index contributed by atoms with van der Waals surface area (Å²) in [6.45, 7) is 2.81.